The molecule has 1 aromatic carbocycles. The summed E-state index contributed by atoms with van der Waals surface area (Å²) in [5.74, 6) is -0.271. The molecule has 4 rings (SSSR count). The number of benzene rings is 1. The molecule has 3 heterocycles. The number of carbonyl (C=O) groups excluding carboxylic acids is 2. The van der Waals surface area contributed by atoms with Gasteiger partial charge in [0.1, 0.15) is 5.01 Å². The van der Waals surface area contributed by atoms with Gasteiger partial charge in [-0.25, -0.2) is 4.98 Å². The number of rotatable bonds is 6. The Balaban J connectivity index is 1.45. The summed E-state index contributed by atoms with van der Waals surface area (Å²) in [7, 11) is 0. The van der Waals surface area contributed by atoms with Crippen molar-refractivity contribution < 1.29 is 9.59 Å². The van der Waals surface area contributed by atoms with Gasteiger partial charge in [0.2, 0.25) is 16.9 Å². The lowest BCUT2D eigenvalue weighted by Gasteiger charge is -2.16. The van der Waals surface area contributed by atoms with Crippen LogP contribution < -0.4 is 10.2 Å². The van der Waals surface area contributed by atoms with E-state index in [1.807, 2.05) is 25.1 Å². The summed E-state index contributed by atoms with van der Waals surface area (Å²) in [5.41, 5.74) is 1.67. The Kier molecular flexibility index (Phi) is 5.60. The van der Waals surface area contributed by atoms with E-state index in [-0.39, 0.29) is 18.2 Å². The van der Waals surface area contributed by atoms with Crippen molar-refractivity contribution in [2.24, 2.45) is 5.92 Å². The molecule has 0 spiro atoms. The van der Waals surface area contributed by atoms with Gasteiger partial charge < -0.3 is 10.2 Å². The number of aryl methyl sites for hydroxylation is 1. The number of aromatic nitrogens is 3. The molecule has 2 aromatic heterocycles. The van der Waals surface area contributed by atoms with Gasteiger partial charge in [-0.3, -0.25) is 9.59 Å². The van der Waals surface area contributed by atoms with Crippen LogP contribution in [0.5, 0.6) is 0 Å². The van der Waals surface area contributed by atoms with Crippen molar-refractivity contribution in [2.75, 3.05) is 16.8 Å². The number of hydrogen-bond donors (Lipinski definition) is 1. The van der Waals surface area contributed by atoms with Crippen LogP contribution in [0.3, 0.4) is 0 Å². The van der Waals surface area contributed by atoms with Gasteiger partial charge in [0.05, 0.1) is 21.1 Å². The molecule has 7 nitrogen and oxygen atoms in total. The van der Waals surface area contributed by atoms with E-state index in [2.05, 4.69) is 34.3 Å². The largest absolute Gasteiger partial charge is 0.312 e. The number of anilines is 2. The fraction of sp³-hybridized carbons (Fsp3) is 0.450. The van der Waals surface area contributed by atoms with Crippen LogP contribution in [0, 0.1) is 12.8 Å². The average molecular weight is 430 g/mol. The third kappa shape index (κ3) is 4.02. The van der Waals surface area contributed by atoms with E-state index >= 15 is 0 Å². The van der Waals surface area contributed by atoms with Crippen molar-refractivity contribution in [1.29, 1.82) is 0 Å². The van der Waals surface area contributed by atoms with Gasteiger partial charge in [-0.1, -0.05) is 25.2 Å². The van der Waals surface area contributed by atoms with Gasteiger partial charge in [-0.2, -0.15) is 0 Å². The Morgan fingerprint density at radius 1 is 1.28 bits per heavy atom. The smallest absolute Gasteiger partial charge is 0.231 e. The first-order valence-electron chi connectivity index (χ1n) is 9.80. The Bertz CT molecular complexity index is 1060. The van der Waals surface area contributed by atoms with Crippen molar-refractivity contribution in [2.45, 2.75) is 46.0 Å². The molecule has 9 heteroatoms. The lowest BCUT2D eigenvalue weighted by Crippen LogP contribution is -2.28. The van der Waals surface area contributed by atoms with Gasteiger partial charge in [-0.05, 0) is 38.0 Å². The second-order valence-corrected chi connectivity index (χ2v) is 9.48. The summed E-state index contributed by atoms with van der Waals surface area (Å²) in [5, 5.41) is 13.6. The minimum atomic E-state index is -0.407. The third-order valence-corrected chi connectivity index (χ3v) is 7.24. The standard InChI is InChI=1S/C20H23N5O2S2/c1-4-12(5-2)19-23-24-20(29-19)22-18(27)13-8-17(26)25(10-13)14-6-7-16-15(9-14)21-11(3)28-16/h6-7,9,12-13H,4-5,8,10H2,1-3H3,(H,22,24,27). The van der Waals surface area contributed by atoms with E-state index in [0.29, 0.717) is 17.6 Å². The first kappa shape index (κ1) is 19.9. The minimum Gasteiger partial charge on any atom is -0.312 e. The SMILES string of the molecule is CCC(CC)c1nnc(NC(=O)C2CC(=O)N(c3ccc4sc(C)nc4c3)C2)s1. The lowest BCUT2D eigenvalue weighted by atomic mass is 10.1. The maximum absolute atomic E-state index is 12.7. The molecule has 2 amide bonds. The summed E-state index contributed by atoms with van der Waals surface area (Å²) >= 11 is 3.05. The molecule has 1 aliphatic rings. The molecule has 1 saturated heterocycles. The molecule has 1 N–H and O–H groups in total. The molecule has 0 aliphatic carbocycles. The number of nitrogens with zero attached hydrogens (tertiary/aromatic N) is 4. The molecule has 0 radical (unpaired) electrons. The Labute approximate surface area is 177 Å². The lowest BCUT2D eigenvalue weighted by molar-refractivity contribution is -0.122. The highest BCUT2D eigenvalue weighted by Crippen LogP contribution is 2.32. The Hall–Kier alpha value is -2.39. The van der Waals surface area contributed by atoms with Crippen molar-refractivity contribution in [3.8, 4) is 0 Å². The van der Waals surface area contributed by atoms with Crippen molar-refractivity contribution in [3.05, 3.63) is 28.2 Å². The van der Waals surface area contributed by atoms with Crippen LogP contribution in [0.2, 0.25) is 0 Å². The zero-order valence-electron chi connectivity index (χ0n) is 16.6. The summed E-state index contributed by atoms with van der Waals surface area (Å²) in [6, 6.07) is 5.82. The predicted octanol–water partition coefficient (Wildman–Crippen LogP) is 4.35. The predicted molar refractivity (Wildman–Crippen MR) is 117 cm³/mol. The average Bonchev–Trinajstić information content (AvgIpc) is 3.40. The van der Waals surface area contributed by atoms with E-state index < -0.39 is 5.92 Å². The molecule has 1 aliphatic heterocycles. The topological polar surface area (TPSA) is 88.1 Å². The Morgan fingerprint density at radius 3 is 2.83 bits per heavy atom. The first-order valence-corrected chi connectivity index (χ1v) is 11.4. The van der Waals surface area contributed by atoms with Crippen LogP contribution in [0.4, 0.5) is 10.8 Å². The molecule has 1 fully saturated rings. The first-order chi connectivity index (χ1) is 14.0. The normalized spacial score (nSPS) is 16.9. The number of amides is 2. The van der Waals surface area contributed by atoms with Gasteiger partial charge in [0, 0.05) is 24.6 Å². The molecule has 1 unspecified atom stereocenters. The molecule has 3 aromatic rings. The molecular weight excluding hydrogens is 406 g/mol. The van der Waals surface area contributed by atoms with Crippen LogP contribution in [-0.4, -0.2) is 33.5 Å². The second kappa shape index (κ2) is 8.16. The zero-order chi connectivity index (χ0) is 20.5. The van der Waals surface area contributed by atoms with Crippen molar-refractivity contribution in [1.82, 2.24) is 15.2 Å². The third-order valence-electron chi connectivity index (χ3n) is 5.29. The maximum Gasteiger partial charge on any atom is 0.231 e. The van der Waals surface area contributed by atoms with Crippen LogP contribution in [-0.2, 0) is 9.59 Å². The molecular formula is C20H23N5O2S2. The summed E-state index contributed by atoms with van der Waals surface area (Å²) in [6.45, 7) is 6.57. The molecule has 1 atom stereocenters. The van der Waals surface area contributed by atoms with Gasteiger partial charge in [0.25, 0.3) is 0 Å². The number of carbonyl (C=O) groups is 2. The van der Waals surface area contributed by atoms with E-state index in [1.165, 1.54) is 11.3 Å². The number of nitrogens with one attached hydrogen (secondary N) is 1. The van der Waals surface area contributed by atoms with Gasteiger partial charge in [0.15, 0.2) is 0 Å². The maximum atomic E-state index is 12.7. The van der Waals surface area contributed by atoms with E-state index in [9.17, 15) is 9.59 Å². The van der Waals surface area contributed by atoms with Crippen LogP contribution in [0.15, 0.2) is 18.2 Å². The summed E-state index contributed by atoms with van der Waals surface area (Å²) < 4.78 is 1.09. The number of fused-ring (bicyclic) bond motifs is 1. The fourth-order valence-corrected chi connectivity index (χ4v) is 5.45. The fourth-order valence-electron chi connectivity index (χ4n) is 3.63. The van der Waals surface area contributed by atoms with Crippen LogP contribution >= 0.6 is 22.7 Å². The quantitative estimate of drug-likeness (QED) is 0.629. The summed E-state index contributed by atoms with van der Waals surface area (Å²) in [6.07, 6.45) is 2.18. The molecule has 152 valence electrons. The number of hydrogen-bond acceptors (Lipinski definition) is 7. The second-order valence-electron chi connectivity index (χ2n) is 7.24. The van der Waals surface area contributed by atoms with Crippen LogP contribution in [0.1, 0.15) is 49.0 Å². The molecule has 0 bridgehead atoms. The van der Waals surface area contributed by atoms with Crippen molar-refractivity contribution >= 4 is 55.5 Å². The van der Waals surface area contributed by atoms with E-state index in [4.69, 9.17) is 0 Å². The van der Waals surface area contributed by atoms with Gasteiger partial charge >= 0.3 is 0 Å². The molecule has 0 saturated carbocycles. The summed E-state index contributed by atoms with van der Waals surface area (Å²) in [4.78, 5) is 31.4. The van der Waals surface area contributed by atoms with Crippen molar-refractivity contribution in [3.63, 3.8) is 0 Å². The highest BCUT2D eigenvalue weighted by molar-refractivity contribution is 7.18. The monoisotopic (exact) mass is 429 g/mol. The van der Waals surface area contributed by atoms with E-state index in [1.54, 1.807) is 16.2 Å². The zero-order valence-corrected chi connectivity index (χ0v) is 18.3. The van der Waals surface area contributed by atoms with Crippen LogP contribution in [0.25, 0.3) is 10.2 Å². The Morgan fingerprint density at radius 2 is 2.07 bits per heavy atom. The molecule has 29 heavy (non-hydrogen) atoms. The number of thiazole rings is 1. The highest BCUT2D eigenvalue weighted by Gasteiger charge is 2.35. The van der Waals surface area contributed by atoms with E-state index in [0.717, 1.165) is 38.8 Å². The highest BCUT2D eigenvalue weighted by atomic mass is 32.1. The van der Waals surface area contributed by atoms with Gasteiger partial charge in [-0.15, -0.1) is 21.5 Å². The minimum absolute atomic E-state index is 0.0496.